The molecule has 0 aliphatic carbocycles. The second kappa shape index (κ2) is 6.16. The number of rotatable bonds is 3. The van der Waals surface area contributed by atoms with E-state index in [4.69, 9.17) is 21.1 Å². The van der Waals surface area contributed by atoms with Crippen molar-refractivity contribution in [2.45, 2.75) is 31.5 Å². The molecule has 0 saturated carbocycles. The fourth-order valence-corrected chi connectivity index (χ4v) is 3.52. The number of fused-ring (bicyclic) bond motifs is 1. The molecule has 1 aliphatic heterocycles. The molecule has 0 spiro atoms. The van der Waals surface area contributed by atoms with Crippen LogP contribution in [0.2, 0.25) is 5.02 Å². The summed E-state index contributed by atoms with van der Waals surface area (Å²) in [7, 11) is 0. The number of hydrogen-bond donors (Lipinski definition) is 0. The van der Waals surface area contributed by atoms with Crippen molar-refractivity contribution in [1.29, 1.82) is 0 Å². The third kappa shape index (κ3) is 3.33. The molecule has 1 aliphatic rings. The molecule has 18 heavy (non-hydrogen) atoms. The molecule has 1 unspecified atom stereocenters. The van der Waals surface area contributed by atoms with Gasteiger partial charge in [0.15, 0.2) is 11.5 Å². The van der Waals surface area contributed by atoms with Crippen molar-refractivity contribution in [3.8, 4) is 11.5 Å². The van der Waals surface area contributed by atoms with Gasteiger partial charge in [-0.05, 0) is 24.0 Å². The first-order chi connectivity index (χ1) is 8.58. The highest BCUT2D eigenvalue weighted by molar-refractivity contribution is 9.09. The van der Waals surface area contributed by atoms with Crippen LogP contribution < -0.4 is 9.47 Å². The molecule has 1 aromatic rings. The Kier molecular flexibility index (Phi) is 4.79. The molecular weight excluding hydrogens is 316 g/mol. The van der Waals surface area contributed by atoms with Gasteiger partial charge in [0.2, 0.25) is 0 Å². The molecule has 0 aromatic heterocycles. The van der Waals surface area contributed by atoms with Crippen LogP contribution in [0.15, 0.2) is 12.1 Å². The van der Waals surface area contributed by atoms with E-state index >= 15 is 0 Å². The van der Waals surface area contributed by atoms with Gasteiger partial charge in [-0.3, -0.25) is 0 Å². The molecule has 1 aromatic carbocycles. The third-order valence-corrected chi connectivity index (χ3v) is 4.08. The van der Waals surface area contributed by atoms with Gasteiger partial charge >= 0.3 is 0 Å². The van der Waals surface area contributed by atoms with E-state index in [1.165, 1.54) is 0 Å². The lowest BCUT2D eigenvalue weighted by Gasteiger charge is -2.17. The highest BCUT2D eigenvalue weighted by Gasteiger charge is 2.19. The first kappa shape index (κ1) is 14.0. The largest absolute Gasteiger partial charge is 0.490 e. The van der Waals surface area contributed by atoms with Gasteiger partial charge in [-0.2, -0.15) is 0 Å². The van der Waals surface area contributed by atoms with Crippen LogP contribution in [0.4, 0.5) is 0 Å². The van der Waals surface area contributed by atoms with Gasteiger partial charge in [-0.25, -0.2) is 0 Å². The smallest absolute Gasteiger partial charge is 0.162 e. The maximum absolute atomic E-state index is 6.33. The van der Waals surface area contributed by atoms with E-state index in [0.29, 0.717) is 19.1 Å². The summed E-state index contributed by atoms with van der Waals surface area (Å²) in [6.45, 7) is 5.79. The molecule has 0 bridgehead atoms. The van der Waals surface area contributed by atoms with Crippen LogP contribution in [-0.4, -0.2) is 13.2 Å². The maximum Gasteiger partial charge on any atom is 0.162 e. The minimum atomic E-state index is 0.252. The summed E-state index contributed by atoms with van der Waals surface area (Å²) in [4.78, 5) is 0.252. The van der Waals surface area contributed by atoms with Gasteiger partial charge in [0.05, 0.1) is 13.2 Å². The predicted octanol–water partition coefficient (Wildman–Crippen LogP) is 4.98. The Bertz CT molecular complexity index is 421. The van der Waals surface area contributed by atoms with E-state index in [9.17, 15) is 0 Å². The third-order valence-electron chi connectivity index (χ3n) is 2.88. The minimum absolute atomic E-state index is 0.252. The molecule has 2 rings (SSSR count). The first-order valence-corrected chi connectivity index (χ1v) is 7.60. The standard InChI is InChI=1S/C14H18BrClO2/c1-9(2)6-11(15)10-7-13-14(8-12(10)16)18-5-3-4-17-13/h7-9,11H,3-6H2,1-2H3. The van der Waals surface area contributed by atoms with Crippen molar-refractivity contribution in [2.24, 2.45) is 5.92 Å². The summed E-state index contributed by atoms with van der Waals surface area (Å²) < 4.78 is 11.3. The highest BCUT2D eigenvalue weighted by atomic mass is 79.9. The normalized spacial score (nSPS) is 16.5. The van der Waals surface area contributed by atoms with Crippen molar-refractivity contribution in [2.75, 3.05) is 13.2 Å². The average molecular weight is 334 g/mol. The van der Waals surface area contributed by atoms with Crippen molar-refractivity contribution >= 4 is 27.5 Å². The summed E-state index contributed by atoms with van der Waals surface area (Å²) in [5.74, 6) is 2.17. The van der Waals surface area contributed by atoms with Gasteiger partial charge in [-0.15, -0.1) is 0 Å². The SMILES string of the molecule is CC(C)CC(Br)c1cc2c(cc1Cl)OCCCO2. The molecular formula is C14H18BrClO2. The molecule has 4 heteroatoms. The van der Waals surface area contributed by atoms with Crippen molar-refractivity contribution in [3.05, 3.63) is 22.7 Å². The molecule has 1 heterocycles. The van der Waals surface area contributed by atoms with Crippen LogP contribution in [-0.2, 0) is 0 Å². The molecule has 0 fully saturated rings. The summed E-state index contributed by atoms with van der Waals surface area (Å²) in [6, 6.07) is 3.87. The highest BCUT2D eigenvalue weighted by Crippen LogP contribution is 2.41. The Balaban J connectivity index is 2.28. The molecule has 2 nitrogen and oxygen atoms in total. The lowest BCUT2D eigenvalue weighted by atomic mass is 10.0. The minimum Gasteiger partial charge on any atom is -0.490 e. The van der Waals surface area contributed by atoms with Crippen LogP contribution in [0.1, 0.15) is 37.1 Å². The molecule has 100 valence electrons. The van der Waals surface area contributed by atoms with Crippen molar-refractivity contribution in [1.82, 2.24) is 0 Å². The van der Waals surface area contributed by atoms with Crippen LogP contribution in [0.3, 0.4) is 0 Å². The fraction of sp³-hybridized carbons (Fsp3) is 0.571. The topological polar surface area (TPSA) is 18.5 Å². The fourth-order valence-electron chi connectivity index (χ4n) is 1.98. The Labute approximate surface area is 122 Å². The zero-order valence-corrected chi connectivity index (χ0v) is 13.1. The Morgan fingerprint density at radius 1 is 1.22 bits per heavy atom. The summed E-state index contributed by atoms with van der Waals surface area (Å²) in [6.07, 6.45) is 1.95. The van der Waals surface area contributed by atoms with Crippen LogP contribution in [0, 0.1) is 5.92 Å². The summed E-state index contributed by atoms with van der Waals surface area (Å²) in [5.41, 5.74) is 1.08. The van der Waals surface area contributed by atoms with Crippen molar-refractivity contribution in [3.63, 3.8) is 0 Å². The van der Waals surface area contributed by atoms with Gasteiger partial charge in [0.1, 0.15) is 0 Å². The second-order valence-electron chi connectivity index (χ2n) is 4.97. The van der Waals surface area contributed by atoms with E-state index in [1.54, 1.807) is 0 Å². The first-order valence-electron chi connectivity index (χ1n) is 6.31. The lowest BCUT2D eigenvalue weighted by molar-refractivity contribution is 0.297. The zero-order valence-electron chi connectivity index (χ0n) is 10.7. The van der Waals surface area contributed by atoms with Gasteiger partial charge < -0.3 is 9.47 Å². The van der Waals surface area contributed by atoms with Crippen LogP contribution in [0.25, 0.3) is 0 Å². The number of benzene rings is 1. The van der Waals surface area contributed by atoms with E-state index in [1.807, 2.05) is 12.1 Å². The second-order valence-corrected chi connectivity index (χ2v) is 6.48. The van der Waals surface area contributed by atoms with Gasteiger partial charge in [0, 0.05) is 22.3 Å². The van der Waals surface area contributed by atoms with Crippen molar-refractivity contribution < 1.29 is 9.47 Å². The van der Waals surface area contributed by atoms with Crippen LogP contribution in [0.5, 0.6) is 11.5 Å². The molecule has 0 radical (unpaired) electrons. The van der Waals surface area contributed by atoms with E-state index in [0.717, 1.165) is 34.9 Å². The quantitative estimate of drug-likeness (QED) is 0.726. The Morgan fingerprint density at radius 2 is 1.83 bits per heavy atom. The van der Waals surface area contributed by atoms with Gasteiger partial charge in [0.25, 0.3) is 0 Å². The summed E-state index contributed by atoms with van der Waals surface area (Å²) >= 11 is 10.0. The number of ether oxygens (including phenoxy) is 2. The zero-order chi connectivity index (χ0) is 13.1. The monoisotopic (exact) mass is 332 g/mol. The Morgan fingerprint density at radius 3 is 2.44 bits per heavy atom. The predicted molar refractivity (Wildman–Crippen MR) is 78.2 cm³/mol. The van der Waals surface area contributed by atoms with Crippen LogP contribution >= 0.6 is 27.5 Å². The average Bonchev–Trinajstić information content (AvgIpc) is 2.51. The summed E-state index contributed by atoms with van der Waals surface area (Å²) in [5, 5.41) is 0.738. The number of alkyl halides is 1. The van der Waals surface area contributed by atoms with E-state index in [2.05, 4.69) is 29.8 Å². The lowest BCUT2D eigenvalue weighted by Crippen LogP contribution is -1.99. The maximum atomic E-state index is 6.33. The molecule has 0 saturated heterocycles. The molecule has 0 N–H and O–H groups in total. The van der Waals surface area contributed by atoms with E-state index < -0.39 is 0 Å². The Hall–Kier alpha value is -0.410. The van der Waals surface area contributed by atoms with Gasteiger partial charge in [-0.1, -0.05) is 41.4 Å². The number of halogens is 2. The van der Waals surface area contributed by atoms with E-state index in [-0.39, 0.29) is 4.83 Å². The number of hydrogen-bond acceptors (Lipinski definition) is 2. The molecule has 0 amide bonds. The molecule has 1 atom stereocenters.